The van der Waals surface area contributed by atoms with Crippen LogP contribution in [0, 0.1) is 5.92 Å². The summed E-state index contributed by atoms with van der Waals surface area (Å²) >= 11 is 3.56. The van der Waals surface area contributed by atoms with Crippen LogP contribution in [-0.2, 0) is 4.74 Å². The van der Waals surface area contributed by atoms with E-state index in [-0.39, 0.29) is 6.09 Å². The Morgan fingerprint density at radius 3 is 2.73 bits per heavy atom. The number of hydrogen-bond acceptors (Lipinski definition) is 4. The van der Waals surface area contributed by atoms with Crippen LogP contribution in [-0.4, -0.2) is 36.3 Å². The number of carbonyl (C=O) groups excluding carboxylic acids is 1. The average molecular weight is 420 g/mol. The molecule has 5 nitrogen and oxygen atoms in total. The Bertz CT molecular complexity index is 780. The summed E-state index contributed by atoms with van der Waals surface area (Å²) in [4.78, 5) is 18.7. The summed E-state index contributed by atoms with van der Waals surface area (Å²) < 4.78 is 6.37. The van der Waals surface area contributed by atoms with Crippen molar-refractivity contribution in [3.63, 3.8) is 0 Å². The van der Waals surface area contributed by atoms with Crippen molar-refractivity contribution >= 4 is 38.6 Å². The van der Waals surface area contributed by atoms with E-state index in [0.29, 0.717) is 12.5 Å². The number of rotatable bonds is 3. The molecule has 0 bridgehead atoms. The number of benzene rings is 1. The number of pyridine rings is 1. The monoisotopic (exact) mass is 419 g/mol. The molecule has 1 aliphatic rings. The van der Waals surface area contributed by atoms with Gasteiger partial charge in [0.25, 0.3) is 0 Å². The van der Waals surface area contributed by atoms with Gasteiger partial charge in [0.15, 0.2) is 0 Å². The lowest BCUT2D eigenvalue weighted by molar-refractivity contribution is 0.0517. The first-order chi connectivity index (χ1) is 12.3. The third-order valence-electron chi connectivity index (χ3n) is 4.57. The highest BCUT2D eigenvalue weighted by Crippen LogP contribution is 2.30. The molecule has 0 radical (unpaired) electrons. The van der Waals surface area contributed by atoms with Gasteiger partial charge in [-0.25, -0.2) is 4.79 Å². The molecule has 26 heavy (non-hydrogen) atoms. The normalized spacial score (nSPS) is 15.9. The maximum atomic E-state index is 11.8. The van der Waals surface area contributed by atoms with Gasteiger partial charge in [-0.3, -0.25) is 4.98 Å². The van der Waals surface area contributed by atoms with E-state index in [1.54, 1.807) is 0 Å². The molecule has 1 aliphatic heterocycles. The highest BCUT2D eigenvalue weighted by atomic mass is 79.9. The van der Waals surface area contributed by atoms with Gasteiger partial charge < -0.3 is 15.0 Å². The molecule has 140 valence electrons. The Labute approximate surface area is 163 Å². The molecule has 0 unspecified atom stereocenters. The molecule has 1 N–H and O–H groups in total. The predicted molar refractivity (Wildman–Crippen MR) is 109 cm³/mol. The fourth-order valence-electron chi connectivity index (χ4n) is 3.30. The minimum absolute atomic E-state index is 0.329. The highest BCUT2D eigenvalue weighted by Gasteiger charge is 2.22. The first-order valence-corrected chi connectivity index (χ1v) is 9.87. The standard InChI is InChI=1S/C20H26BrN3O2/c1-20(2,3)26-19(25)23-13-14-7-10-24(11-8-14)18-6-9-22-17-5-4-15(21)12-16(17)18/h4-6,9,12,14H,7-8,10-11,13H2,1-3H3,(H,23,25). The molecule has 1 aromatic carbocycles. The molecule has 1 aromatic heterocycles. The Morgan fingerprint density at radius 1 is 1.31 bits per heavy atom. The molecule has 6 heteroatoms. The smallest absolute Gasteiger partial charge is 0.407 e. The Hall–Kier alpha value is -1.82. The quantitative estimate of drug-likeness (QED) is 0.780. The van der Waals surface area contributed by atoms with Gasteiger partial charge in [-0.1, -0.05) is 15.9 Å². The number of alkyl carbamates (subject to hydrolysis) is 1. The Balaban J connectivity index is 1.58. The number of amides is 1. The Morgan fingerprint density at radius 2 is 2.04 bits per heavy atom. The summed E-state index contributed by atoms with van der Waals surface area (Å²) in [5.41, 5.74) is 1.79. The number of nitrogens with zero attached hydrogens (tertiary/aromatic N) is 2. The van der Waals surface area contributed by atoms with Crippen LogP contribution >= 0.6 is 15.9 Å². The number of halogens is 1. The second-order valence-electron chi connectivity index (χ2n) is 7.80. The minimum Gasteiger partial charge on any atom is -0.444 e. The summed E-state index contributed by atoms with van der Waals surface area (Å²) in [5.74, 6) is 0.485. The van der Waals surface area contributed by atoms with Crippen molar-refractivity contribution in [1.82, 2.24) is 10.3 Å². The molecule has 0 spiro atoms. The number of fused-ring (bicyclic) bond motifs is 1. The van der Waals surface area contributed by atoms with E-state index < -0.39 is 5.60 Å². The van der Waals surface area contributed by atoms with Crippen molar-refractivity contribution in [2.24, 2.45) is 5.92 Å². The number of hydrogen-bond donors (Lipinski definition) is 1. The van der Waals surface area contributed by atoms with Crippen LogP contribution in [0.2, 0.25) is 0 Å². The second-order valence-corrected chi connectivity index (χ2v) is 8.72. The van der Waals surface area contributed by atoms with Crippen molar-refractivity contribution in [2.45, 2.75) is 39.2 Å². The molecule has 2 heterocycles. The van der Waals surface area contributed by atoms with E-state index in [1.165, 1.54) is 11.1 Å². The van der Waals surface area contributed by atoms with E-state index in [2.05, 4.69) is 43.3 Å². The Kier molecular flexibility index (Phi) is 5.70. The van der Waals surface area contributed by atoms with Crippen molar-refractivity contribution in [2.75, 3.05) is 24.5 Å². The lowest BCUT2D eigenvalue weighted by Crippen LogP contribution is -2.40. The van der Waals surface area contributed by atoms with Gasteiger partial charge in [0.2, 0.25) is 0 Å². The molecule has 1 fully saturated rings. The van der Waals surface area contributed by atoms with Gasteiger partial charge in [-0.05, 0) is 63.8 Å². The van der Waals surface area contributed by atoms with Crippen LogP contribution in [0.3, 0.4) is 0 Å². The maximum Gasteiger partial charge on any atom is 0.407 e. The number of piperidine rings is 1. The highest BCUT2D eigenvalue weighted by molar-refractivity contribution is 9.10. The molecule has 3 rings (SSSR count). The second kappa shape index (κ2) is 7.82. The molecule has 0 aliphatic carbocycles. The zero-order valence-corrected chi connectivity index (χ0v) is 17.2. The zero-order chi connectivity index (χ0) is 18.7. The SMILES string of the molecule is CC(C)(C)OC(=O)NCC1CCN(c2ccnc3ccc(Br)cc23)CC1. The van der Waals surface area contributed by atoms with Crippen molar-refractivity contribution in [1.29, 1.82) is 0 Å². The minimum atomic E-state index is -0.454. The van der Waals surface area contributed by atoms with Gasteiger partial charge in [-0.15, -0.1) is 0 Å². The number of aromatic nitrogens is 1. The van der Waals surface area contributed by atoms with Crippen molar-refractivity contribution < 1.29 is 9.53 Å². The third-order valence-corrected chi connectivity index (χ3v) is 5.06. The molecule has 1 amide bonds. The van der Waals surface area contributed by atoms with Crippen LogP contribution in [0.15, 0.2) is 34.9 Å². The van der Waals surface area contributed by atoms with Crippen molar-refractivity contribution in [3.8, 4) is 0 Å². The molecule has 0 atom stereocenters. The largest absolute Gasteiger partial charge is 0.444 e. The summed E-state index contributed by atoms with van der Waals surface area (Å²) in [6.45, 7) is 8.26. The van der Waals surface area contributed by atoms with E-state index in [0.717, 1.165) is 35.9 Å². The van der Waals surface area contributed by atoms with Crippen LogP contribution in [0.4, 0.5) is 10.5 Å². The molecular weight excluding hydrogens is 394 g/mol. The molecular formula is C20H26BrN3O2. The lowest BCUT2D eigenvalue weighted by atomic mass is 9.96. The predicted octanol–water partition coefficient (Wildman–Crippen LogP) is 4.74. The first-order valence-electron chi connectivity index (χ1n) is 9.08. The van der Waals surface area contributed by atoms with Crippen LogP contribution in [0.25, 0.3) is 10.9 Å². The molecule has 2 aromatic rings. The van der Waals surface area contributed by atoms with E-state index in [1.807, 2.05) is 39.1 Å². The maximum absolute atomic E-state index is 11.8. The van der Waals surface area contributed by atoms with Crippen LogP contribution in [0.1, 0.15) is 33.6 Å². The van der Waals surface area contributed by atoms with Crippen molar-refractivity contribution in [3.05, 3.63) is 34.9 Å². The number of nitrogens with one attached hydrogen (secondary N) is 1. The average Bonchev–Trinajstić information content (AvgIpc) is 2.58. The number of ether oxygens (including phenoxy) is 1. The fraction of sp³-hybridized carbons (Fsp3) is 0.500. The molecule has 1 saturated heterocycles. The fourth-order valence-corrected chi connectivity index (χ4v) is 3.66. The van der Waals surface area contributed by atoms with E-state index in [9.17, 15) is 4.79 Å². The van der Waals surface area contributed by atoms with Gasteiger partial charge in [0.1, 0.15) is 5.60 Å². The summed E-state index contributed by atoms with van der Waals surface area (Å²) in [7, 11) is 0. The lowest BCUT2D eigenvalue weighted by Gasteiger charge is -2.34. The summed E-state index contributed by atoms with van der Waals surface area (Å²) in [6.07, 6.45) is 3.65. The zero-order valence-electron chi connectivity index (χ0n) is 15.6. The van der Waals surface area contributed by atoms with Crippen LogP contribution < -0.4 is 10.2 Å². The van der Waals surface area contributed by atoms with E-state index >= 15 is 0 Å². The van der Waals surface area contributed by atoms with E-state index in [4.69, 9.17) is 4.74 Å². The summed E-state index contributed by atoms with van der Waals surface area (Å²) in [5, 5.41) is 4.08. The van der Waals surface area contributed by atoms with Gasteiger partial charge in [0, 0.05) is 41.4 Å². The van der Waals surface area contributed by atoms with Gasteiger partial charge >= 0.3 is 6.09 Å². The number of anilines is 1. The van der Waals surface area contributed by atoms with Gasteiger partial charge in [0.05, 0.1) is 5.52 Å². The van der Waals surface area contributed by atoms with Gasteiger partial charge in [-0.2, -0.15) is 0 Å². The number of carbonyl (C=O) groups is 1. The first kappa shape index (κ1) is 19.0. The topological polar surface area (TPSA) is 54.5 Å². The van der Waals surface area contributed by atoms with Crippen LogP contribution in [0.5, 0.6) is 0 Å². The third kappa shape index (κ3) is 4.87. The molecule has 0 saturated carbocycles. The summed E-state index contributed by atoms with van der Waals surface area (Å²) in [6, 6.07) is 8.29.